The number of hydrogen-bond acceptors (Lipinski definition) is 7. The lowest BCUT2D eigenvalue weighted by Crippen LogP contribution is -2.28. The summed E-state index contributed by atoms with van der Waals surface area (Å²) in [5.41, 5.74) is 0.954. The molecule has 2 heterocycles. The van der Waals surface area contributed by atoms with E-state index in [2.05, 4.69) is 19.4 Å². The first-order valence-electron chi connectivity index (χ1n) is 7.24. The van der Waals surface area contributed by atoms with Gasteiger partial charge < -0.3 is 5.32 Å². The minimum Gasteiger partial charge on any atom is -0.359 e. The molecule has 6 nitrogen and oxygen atoms in total. The van der Waals surface area contributed by atoms with Crippen molar-refractivity contribution in [3.63, 3.8) is 0 Å². The van der Waals surface area contributed by atoms with Crippen LogP contribution in [0.3, 0.4) is 0 Å². The first kappa shape index (κ1) is 17.0. The molecule has 0 saturated heterocycles. The summed E-state index contributed by atoms with van der Waals surface area (Å²) in [6, 6.07) is 13.1. The summed E-state index contributed by atoms with van der Waals surface area (Å²) in [5.74, 6) is 0.665. The van der Waals surface area contributed by atoms with Crippen LogP contribution in [0.15, 0.2) is 46.7 Å². The molecule has 0 fully saturated rings. The van der Waals surface area contributed by atoms with E-state index in [4.69, 9.17) is 0 Å². The Labute approximate surface area is 148 Å². The minimum absolute atomic E-state index is 0.277. The van der Waals surface area contributed by atoms with Crippen molar-refractivity contribution in [1.82, 2.24) is 14.1 Å². The molecule has 9 heteroatoms. The van der Waals surface area contributed by atoms with E-state index < -0.39 is 10.0 Å². The number of benzene rings is 1. The average Bonchev–Trinajstić information content (AvgIpc) is 3.22. The van der Waals surface area contributed by atoms with Crippen molar-refractivity contribution in [2.75, 3.05) is 18.4 Å². The molecule has 0 unspecified atom stereocenters. The third-order valence-electron chi connectivity index (χ3n) is 3.13. The number of hydrogen-bond donors (Lipinski definition) is 2. The number of nitrogens with zero attached hydrogens (tertiary/aromatic N) is 2. The molecule has 0 aliphatic heterocycles. The molecule has 0 bridgehead atoms. The fourth-order valence-electron chi connectivity index (χ4n) is 1.98. The van der Waals surface area contributed by atoms with E-state index in [1.54, 1.807) is 12.1 Å². The van der Waals surface area contributed by atoms with Crippen LogP contribution in [-0.2, 0) is 10.0 Å². The van der Waals surface area contributed by atoms with Crippen molar-refractivity contribution in [2.45, 2.75) is 11.1 Å². The Bertz CT molecular complexity index is 904. The highest BCUT2D eigenvalue weighted by Gasteiger charge is 2.15. The summed E-state index contributed by atoms with van der Waals surface area (Å²) in [6.07, 6.45) is 0. The number of sulfonamides is 1. The second-order valence-electron chi connectivity index (χ2n) is 4.98. The van der Waals surface area contributed by atoms with E-state index >= 15 is 0 Å². The Morgan fingerprint density at radius 1 is 1.08 bits per heavy atom. The van der Waals surface area contributed by atoms with E-state index in [1.807, 2.05) is 37.3 Å². The predicted octanol–water partition coefficient (Wildman–Crippen LogP) is 2.97. The SMILES string of the molecule is Cc1ccc(S(=O)(=O)NCCNc2nc(-c3ccccc3)ns2)s1. The summed E-state index contributed by atoms with van der Waals surface area (Å²) in [7, 11) is -3.44. The Hall–Kier alpha value is -1.81. The van der Waals surface area contributed by atoms with Crippen molar-refractivity contribution in [1.29, 1.82) is 0 Å². The molecule has 0 radical (unpaired) electrons. The molecule has 3 aromatic rings. The topological polar surface area (TPSA) is 84.0 Å². The van der Waals surface area contributed by atoms with Gasteiger partial charge in [-0.3, -0.25) is 0 Å². The second-order valence-corrected chi connectivity index (χ2v) is 9.01. The lowest BCUT2D eigenvalue weighted by atomic mass is 10.2. The van der Waals surface area contributed by atoms with Crippen LogP contribution in [0, 0.1) is 6.92 Å². The van der Waals surface area contributed by atoms with Crippen molar-refractivity contribution in [2.24, 2.45) is 0 Å². The number of nitrogens with one attached hydrogen (secondary N) is 2. The maximum Gasteiger partial charge on any atom is 0.250 e. The van der Waals surface area contributed by atoms with Gasteiger partial charge in [-0.05, 0) is 19.1 Å². The fourth-order valence-corrected chi connectivity index (χ4v) is 4.96. The number of aromatic nitrogens is 2. The van der Waals surface area contributed by atoms with Crippen LogP contribution >= 0.6 is 22.9 Å². The monoisotopic (exact) mass is 380 g/mol. The molecule has 2 N–H and O–H groups in total. The number of thiophene rings is 1. The largest absolute Gasteiger partial charge is 0.359 e. The van der Waals surface area contributed by atoms with E-state index in [9.17, 15) is 8.42 Å². The van der Waals surface area contributed by atoms with Crippen LogP contribution in [0.1, 0.15) is 4.88 Å². The van der Waals surface area contributed by atoms with Crippen LogP contribution in [0.4, 0.5) is 5.13 Å². The van der Waals surface area contributed by atoms with Crippen LogP contribution < -0.4 is 10.0 Å². The molecule has 0 aliphatic carbocycles. The van der Waals surface area contributed by atoms with Gasteiger partial charge in [0.2, 0.25) is 15.2 Å². The highest BCUT2D eigenvalue weighted by atomic mass is 32.2. The normalized spacial score (nSPS) is 11.5. The molecule has 2 aromatic heterocycles. The predicted molar refractivity (Wildman–Crippen MR) is 98.1 cm³/mol. The van der Waals surface area contributed by atoms with E-state index in [0.717, 1.165) is 10.4 Å². The van der Waals surface area contributed by atoms with Gasteiger partial charge in [-0.15, -0.1) is 11.3 Å². The van der Waals surface area contributed by atoms with Crippen LogP contribution in [0.2, 0.25) is 0 Å². The summed E-state index contributed by atoms with van der Waals surface area (Å²) < 4.78 is 31.4. The molecule has 3 rings (SSSR count). The molecule has 126 valence electrons. The van der Waals surface area contributed by atoms with Gasteiger partial charge in [-0.2, -0.15) is 9.36 Å². The van der Waals surface area contributed by atoms with Crippen molar-refractivity contribution in [3.8, 4) is 11.4 Å². The molecular weight excluding hydrogens is 364 g/mol. The summed E-state index contributed by atoms with van der Waals surface area (Å²) in [4.78, 5) is 5.37. The summed E-state index contributed by atoms with van der Waals surface area (Å²) in [5, 5.41) is 3.75. The lowest BCUT2D eigenvalue weighted by Gasteiger charge is -2.05. The molecule has 0 saturated carbocycles. The van der Waals surface area contributed by atoms with Crippen molar-refractivity contribution in [3.05, 3.63) is 47.3 Å². The van der Waals surface area contributed by atoms with E-state index in [0.29, 0.717) is 21.7 Å². The van der Waals surface area contributed by atoms with Gasteiger partial charge in [0.25, 0.3) is 0 Å². The number of aryl methyl sites for hydroxylation is 1. The van der Waals surface area contributed by atoms with Crippen LogP contribution in [-0.4, -0.2) is 30.9 Å². The first-order valence-corrected chi connectivity index (χ1v) is 10.3. The highest BCUT2D eigenvalue weighted by molar-refractivity contribution is 7.91. The van der Waals surface area contributed by atoms with Gasteiger partial charge in [-0.1, -0.05) is 30.3 Å². The zero-order valence-electron chi connectivity index (χ0n) is 12.9. The molecule has 0 aliphatic rings. The lowest BCUT2D eigenvalue weighted by molar-refractivity contribution is 0.585. The maximum absolute atomic E-state index is 12.1. The third-order valence-corrected chi connectivity index (χ3v) is 6.76. The van der Waals surface area contributed by atoms with Crippen LogP contribution in [0.5, 0.6) is 0 Å². The van der Waals surface area contributed by atoms with Gasteiger partial charge >= 0.3 is 0 Å². The van der Waals surface area contributed by atoms with Crippen molar-refractivity contribution >= 4 is 38.0 Å². The smallest absolute Gasteiger partial charge is 0.250 e. The summed E-state index contributed by atoms with van der Waals surface area (Å²) in [6.45, 7) is 2.59. The number of rotatable bonds is 7. The Morgan fingerprint density at radius 3 is 2.58 bits per heavy atom. The van der Waals surface area contributed by atoms with Gasteiger partial charge in [0.15, 0.2) is 5.82 Å². The summed E-state index contributed by atoms with van der Waals surface area (Å²) >= 11 is 2.51. The Balaban J connectivity index is 1.51. The first-order chi connectivity index (χ1) is 11.5. The average molecular weight is 381 g/mol. The third kappa shape index (κ3) is 4.18. The minimum atomic E-state index is -3.44. The molecular formula is C15H16N4O2S3. The Kier molecular flexibility index (Phi) is 5.24. The maximum atomic E-state index is 12.1. The quantitative estimate of drug-likeness (QED) is 0.616. The van der Waals surface area contributed by atoms with E-state index in [1.165, 1.54) is 22.9 Å². The second kappa shape index (κ2) is 7.39. The Morgan fingerprint density at radius 2 is 1.88 bits per heavy atom. The zero-order valence-corrected chi connectivity index (χ0v) is 15.3. The molecule has 1 aromatic carbocycles. The van der Waals surface area contributed by atoms with Crippen LogP contribution in [0.25, 0.3) is 11.4 Å². The van der Waals surface area contributed by atoms with Crippen molar-refractivity contribution < 1.29 is 8.42 Å². The van der Waals surface area contributed by atoms with Gasteiger partial charge in [0.05, 0.1) is 0 Å². The molecule has 0 atom stereocenters. The molecule has 0 spiro atoms. The zero-order chi connectivity index (χ0) is 17.0. The fraction of sp³-hybridized carbons (Fsp3) is 0.200. The molecule has 0 amide bonds. The standard InChI is InChI=1S/C15H16N4O2S3/c1-11-7-8-13(22-11)24(20,21)17-10-9-16-15-18-14(19-23-15)12-5-3-2-4-6-12/h2-8,17H,9-10H2,1H3,(H,16,18,19). The van der Waals surface area contributed by atoms with Gasteiger partial charge in [-0.25, -0.2) is 13.1 Å². The molecule has 24 heavy (non-hydrogen) atoms. The number of anilines is 1. The van der Waals surface area contributed by atoms with Gasteiger partial charge in [0, 0.05) is 35.1 Å². The highest BCUT2D eigenvalue weighted by Crippen LogP contribution is 2.21. The van der Waals surface area contributed by atoms with Gasteiger partial charge in [0.1, 0.15) is 4.21 Å². The van der Waals surface area contributed by atoms with E-state index in [-0.39, 0.29) is 6.54 Å².